The first kappa shape index (κ1) is 24.1. The number of carbonyl (C=O) groups excluding carboxylic acids is 3. The highest BCUT2D eigenvalue weighted by Gasteiger charge is 2.20. The number of para-hydroxylation sites is 1. The first-order chi connectivity index (χ1) is 16.8. The van der Waals surface area contributed by atoms with Gasteiger partial charge in [0.05, 0.1) is 10.3 Å². The maximum atomic E-state index is 13.0. The van der Waals surface area contributed by atoms with Gasteiger partial charge in [0.25, 0.3) is 0 Å². The van der Waals surface area contributed by atoms with Crippen LogP contribution >= 0.6 is 11.3 Å². The molecule has 1 N–H and O–H groups in total. The van der Waals surface area contributed by atoms with Crippen molar-refractivity contribution < 1.29 is 23.5 Å². The Kier molecular flexibility index (Phi) is 7.22. The van der Waals surface area contributed by atoms with Crippen LogP contribution in [0.3, 0.4) is 0 Å². The van der Waals surface area contributed by atoms with Crippen LogP contribution in [-0.4, -0.2) is 30.8 Å². The van der Waals surface area contributed by atoms with E-state index in [9.17, 15) is 19.2 Å². The summed E-state index contributed by atoms with van der Waals surface area (Å²) in [4.78, 5) is 50.8. The van der Waals surface area contributed by atoms with Crippen LogP contribution in [0.5, 0.6) is 0 Å². The average molecular weight is 490 g/mol. The first-order valence-electron chi connectivity index (χ1n) is 11.0. The zero-order valence-corrected chi connectivity index (χ0v) is 20.1. The molecule has 4 rings (SSSR count). The highest BCUT2D eigenvalue weighted by molar-refractivity contribution is 7.14. The second-order valence-electron chi connectivity index (χ2n) is 7.93. The van der Waals surface area contributed by atoms with Gasteiger partial charge < -0.3 is 14.5 Å². The van der Waals surface area contributed by atoms with Crippen molar-refractivity contribution in [2.45, 2.75) is 20.3 Å². The molecule has 0 radical (unpaired) electrons. The molecule has 2 aromatic heterocycles. The molecule has 2 aromatic carbocycles. The molecular formula is C27H23NO6S. The highest BCUT2D eigenvalue weighted by atomic mass is 32.1. The topological polar surface area (TPSA) is 103 Å². The number of ketones is 1. The number of hydrogen-bond acceptors (Lipinski definition) is 7. The van der Waals surface area contributed by atoms with Gasteiger partial charge in [-0.2, -0.15) is 0 Å². The zero-order chi connectivity index (χ0) is 24.9. The molecular weight excluding hydrogens is 466 g/mol. The van der Waals surface area contributed by atoms with Gasteiger partial charge in [-0.15, -0.1) is 11.3 Å². The minimum absolute atomic E-state index is 0.0757. The maximum absolute atomic E-state index is 13.0. The van der Waals surface area contributed by atoms with Gasteiger partial charge in [0.15, 0.2) is 17.6 Å². The van der Waals surface area contributed by atoms with E-state index in [2.05, 4.69) is 5.32 Å². The molecule has 0 saturated heterocycles. The standard InChI is InChI=1S/C27H23NO6S/c1-16-24(31)20-9-6-10-21(26(20)34-25(16)18-7-4-3-5-8-18)27(32)33-15-22(30)23-12-11-19(35-23)13-14-28-17(2)29/h3-12H,13-15H2,1-2H3,(H,28,29). The van der Waals surface area contributed by atoms with Gasteiger partial charge in [0, 0.05) is 29.5 Å². The van der Waals surface area contributed by atoms with Gasteiger partial charge in [0.2, 0.25) is 11.7 Å². The number of Topliss-reactive ketones (excluding diaryl/α,β-unsaturated/α-hetero) is 1. The molecule has 178 valence electrons. The zero-order valence-electron chi connectivity index (χ0n) is 19.3. The molecule has 0 aliphatic carbocycles. The van der Waals surface area contributed by atoms with Gasteiger partial charge in [0.1, 0.15) is 11.3 Å². The Hall–Kier alpha value is -4.04. The quantitative estimate of drug-likeness (QED) is 0.288. The molecule has 0 spiro atoms. The maximum Gasteiger partial charge on any atom is 0.342 e. The van der Waals surface area contributed by atoms with Crippen molar-refractivity contribution >= 4 is 40.0 Å². The van der Waals surface area contributed by atoms with Crippen molar-refractivity contribution in [3.8, 4) is 11.3 Å². The largest absolute Gasteiger partial charge is 0.455 e. The lowest BCUT2D eigenvalue weighted by Gasteiger charge is -2.10. The van der Waals surface area contributed by atoms with E-state index in [0.717, 1.165) is 4.88 Å². The van der Waals surface area contributed by atoms with Crippen molar-refractivity contribution in [3.63, 3.8) is 0 Å². The van der Waals surface area contributed by atoms with Crippen LogP contribution in [0, 0.1) is 6.92 Å². The van der Waals surface area contributed by atoms with E-state index >= 15 is 0 Å². The Bertz CT molecular complexity index is 1470. The summed E-state index contributed by atoms with van der Waals surface area (Å²) in [5.74, 6) is -0.820. The second-order valence-corrected chi connectivity index (χ2v) is 9.10. The lowest BCUT2D eigenvalue weighted by molar-refractivity contribution is -0.118. The monoisotopic (exact) mass is 489 g/mol. The molecule has 35 heavy (non-hydrogen) atoms. The molecule has 2 heterocycles. The van der Waals surface area contributed by atoms with Gasteiger partial charge >= 0.3 is 5.97 Å². The first-order valence-corrected chi connectivity index (χ1v) is 11.8. The highest BCUT2D eigenvalue weighted by Crippen LogP contribution is 2.27. The Morgan fingerprint density at radius 1 is 1.00 bits per heavy atom. The molecule has 0 bridgehead atoms. The molecule has 7 nitrogen and oxygen atoms in total. The number of carbonyl (C=O) groups is 3. The summed E-state index contributed by atoms with van der Waals surface area (Å²) >= 11 is 1.29. The third-order valence-electron chi connectivity index (χ3n) is 5.42. The Morgan fingerprint density at radius 2 is 1.77 bits per heavy atom. The summed E-state index contributed by atoms with van der Waals surface area (Å²) in [6, 6.07) is 17.3. The normalized spacial score (nSPS) is 10.8. The number of benzene rings is 2. The van der Waals surface area contributed by atoms with Crippen molar-refractivity contribution in [2.24, 2.45) is 0 Å². The molecule has 0 fully saturated rings. The third-order valence-corrected chi connectivity index (χ3v) is 6.60. The van der Waals surface area contributed by atoms with Crippen LogP contribution < -0.4 is 10.7 Å². The van der Waals surface area contributed by atoms with Crippen molar-refractivity contribution in [3.05, 3.63) is 91.8 Å². The fourth-order valence-electron chi connectivity index (χ4n) is 3.64. The number of hydrogen-bond donors (Lipinski definition) is 1. The van der Waals surface area contributed by atoms with E-state index in [4.69, 9.17) is 9.15 Å². The number of esters is 1. The fourth-order valence-corrected chi connectivity index (χ4v) is 4.57. The predicted molar refractivity (Wildman–Crippen MR) is 134 cm³/mol. The Morgan fingerprint density at radius 3 is 2.51 bits per heavy atom. The SMILES string of the molecule is CC(=O)NCCc1ccc(C(=O)COC(=O)c2cccc3c(=O)c(C)c(-c4ccccc4)oc23)s1. The lowest BCUT2D eigenvalue weighted by Crippen LogP contribution is -2.22. The number of nitrogens with one attached hydrogen (secondary N) is 1. The lowest BCUT2D eigenvalue weighted by atomic mass is 10.0. The van der Waals surface area contributed by atoms with Gasteiger partial charge in [-0.25, -0.2) is 4.79 Å². The van der Waals surface area contributed by atoms with Crippen LogP contribution in [-0.2, 0) is 16.0 Å². The van der Waals surface area contributed by atoms with Gasteiger partial charge in [-0.1, -0.05) is 36.4 Å². The molecule has 0 aliphatic heterocycles. The summed E-state index contributed by atoms with van der Waals surface area (Å²) in [5, 5.41) is 2.98. The minimum Gasteiger partial charge on any atom is -0.455 e. The van der Waals surface area contributed by atoms with Gasteiger partial charge in [-0.3, -0.25) is 14.4 Å². The number of rotatable bonds is 8. The van der Waals surface area contributed by atoms with E-state index < -0.39 is 12.6 Å². The number of amides is 1. The second kappa shape index (κ2) is 10.5. The third kappa shape index (κ3) is 5.38. The Labute approximate surface area is 205 Å². The average Bonchev–Trinajstić information content (AvgIpc) is 3.33. The minimum atomic E-state index is -0.752. The molecule has 0 atom stereocenters. The van der Waals surface area contributed by atoms with Crippen molar-refractivity contribution in [1.29, 1.82) is 0 Å². The molecule has 0 unspecified atom stereocenters. The summed E-state index contributed by atoms with van der Waals surface area (Å²) in [6.45, 7) is 3.17. The van der Waals surface area contributed by atoms with E-state index in [1.165, 1.54) is 24.3 Å². The van der Waals surface area contributed by atoms with Crippen LogP contribution in [0.2, 0.25) is 0 Å². The van der Waals surface area contributed by atoms with Crippen LogP contribution in [0.1, 0.15) is 37.4 Å². The van der Waals surface area contributed by atoms with E-state index in [1.54, 1.807) is 25.1 Å². The van der Waals surface area contributed by atoms with Crippen molar-refractivity contribution in [2.75, 3.05) is 13.2 Å². The van der Waals surface area contributed by atoms with Gasteiger partial charge in [-0.05, 0) is 37.6 Å². The molecule has 1 amide bonds. The Balaban J connectivity index is 1.53. The van der Waals surface area contributed by atoms with E-state index in [-0.39, 0.29) is 33.7 Å². The number of fused-ring (bicyclic) bond motifs is 1. The van der Waals surface area contributed by atoms with Crippen molar-refractivity contribution in [1.82, 2.24) is 5.32 Å². The van der Waals surface area contributed by atoms with E-state index in [0.29, 0.717) is 34.7 Å². The summed E-state index contributed by atoms with van der Waals surface area (Å²) < 4.78 is 11.3. The summed E-state index contributed by atoms with van der Waals surface area (Å²) in [7, 11) is 0. The van der Waals surface area contributed by atoms with Crippen LogP contribution in [0.4, 0.5) is 0 Å². The van der Waals surface area contributed by atoms with E-state index in [1.807, 2.05) is 36.4 Å². The van der Waals surface area contributed by atoms with Crippen LogP contribution in [0.15, 0.2) is 69.9 Å². The number of ether oxygens (including phenoxy) is 1. The molecule has 0 aliphatic rings. The smallest absolute Gasteiger partial charge is 0.342 e. The predicted octanol–water partition coefficient (Wildman–Crippen LogP) is 4.55. The number of thiophene rings is 1. The summed E-state index contributed by atoms with van der Waals surface area (Å²) in [6.07, 6.45) is 0.607. The molecule has 0 saturated carbocycles. The fraction of sp³-hybridized carbons (Fsp3) is 0.185. The summed E-state index contributed by atoms with van der Waals surface area (Å²) in [5.41, 5.74) is 1.12. The molecule has 4 aromatic rings. The van der Waals surface area contributed by atoms with Crippen LogP contribution in [0.25, 0.3) is 22.3 Å². The molecule has 8 heteroatoms.